The van der Waals surface area contributed by atoms with E-state index < -0.39 is 0 Å². The molecule has 2 aromatic rings. The van der Waals surface area contributed by atoms with Crippen molar-refractivity contribution in [3.8, 4) is 0 Å². The van der Waals surface area contributed by atoms with Crippen LogP contribution in [0.3, 0.4) is 0 Å². The van der Waals surface area contributed by atoms with E-state index in [0.29, 0.717) is 11.2 Å². The van der Waals surface area contributed by atoms with E-state index in [1.54, 1.807) is 0 Å². The molecule has 0 bridgehead atoms. The molecule has 1 unspecified atom stereocenters. The lowest BCUT2D eigenvalue weighted by atomic mass is 9.77. The normalized spacial score (nSPS) is 22.4. The number of hydrogen-bond acceptors (Lipinski definition) is 2. The van der Waals surface area contributed by atoms with E-state index in [-0.39, 0.29) is 5.41 Å². The Morgan fingerprint density at radius 2 is 1.70 bits per heavy atom. The molecule has 4 heteroatoms. The number of thioether (sulfide) groups is 1. The molecule has 1 heterocycles. The van der Waals surface area contributed by atoms with Crippen LogP contribution in [0.2, 0.25) is 5.02 Å². The zero-order valence-electron chi connectivity index (χ0n) is 15.6. The van der Waals surface area contributed by atoms with Gasteiger partial charge < -0.3 is 4.90 Å². The van der Waals surface area contributed by atoms with Gasteiger partial charge in [0.2, 0.25) is 5.91 Å². The highest BCUT2D eigenvalue weighted by Crippen LogP contribution is 2.44. The standard InChI is InChI=1S/C23H26ClNOS/c24-20-10-8-19(9-11-20)23(13-4-5-14-23)22(26)25-15-12-21(27-17-16-25)18-6-2-1-3-7-18/h1-3,6-11,21H,4-5,12-17H2. The second kappa shape index (κ2) is 8.28. The molecule has 0 aromatic heterocycles. The fourth-order valence-electron chi connectivity index (χ4n) is 4.58. The third-order valence-corrected chi connectivity index (χ3v) is 7.64. The van der Waals surface area contributed by atoms with Crippen LogP contribution in [-0.2, 0) is 10.2 Å². The molecule has 4 rings (SSSR count). The van der Waals surface area contributed by atoms with Crippen molar-refractivity contribution in [2.75, 3.05) is 18.8 Å². The number of carbonyl (C=O) groups excluding carboxylic acids is 1. The lowest BCUT2D eigenvalue weighted by Crippen LogP contribution is -2.46. The summed E-state index contributed by atoms with van der Waals surface area (Å²) in [4.78, 5) is 15.8. The van der Waals surface area contributed by atoms with Crippen LogP contribution in [0, 0.1) is 0 Å². The molecule has 0 radical (unpaired) electrons. The van der Waals surface area contributed by atoms with Gasteiger partial charge in [0.05, 0.1) is 5.41 Å². The van der Waals surface area contributed by atoms with E-state index >= 15 is 0 Å². The Labute approximate surface area is 171 Å². The maximum absolute atomic E-state index is 13.7. The Bertz CT molecular complexity index is 771. The summed E-state index contributed by atoms with van der Waals surface area (Å²) >= 11 is 8.08. The quantitative estimate of drug-likeness (QED) is 0.644. The first-order valence-corrected chi connectivity index (χ1v) is 11.3. The average molecular weight is 400 g/mol. The summed E-state index contributed by atoms with van der Waals surface area (Å²) in [5, 5.41) is 1.22. The van der Waals surface area contributed by atoms with Crippen molar-refractivity contribution < 1.29 is 4.79 Å². The molecule has 1 saturated carbocycles. The van der Waals surface area contributed by atoms with Crippen LogP contribution in [0.5, 0.6) is 0 Å². The second-order valence-electron chi connectivity index (χ2n) is 7.65. The van der Waals surface area contributed by atoms with E-state index in [9.17, 15) is 4.79 Å². The molecule has 1 aliphatic carbocycles. The summed E-state index contributed by atoms with van der Waals surface area (Å²) in [7, 11) is 0. The molecule has 27 heavy (non-hydrogen) atoms. The van der Waals surface area contributed by atoms with Crippen molar-refractivity contribution in [1.29, 1.82) is 0 Å². The van der Waals surface area contributed by atoms with Gasteiger partial charge >= 0.3 is 0 Å². The molecule has 1 amide bonds. The van der Waals surface area contributed by atoms with Gasteiger partial charge in [-0.25, -0.2) is 0 Å². The van der Waals surface area contributed by atoms with Crippen molar-refractivity contribution in [2.24, 2.45) is 0 Å². The molecule has 0 N–H and O–H groups in total. The van der Waals surface area contributed by atoms with E-state index in [4.69, 9.17) is 11.6 Å². The van der Waals surface area contributed by atoms with Crippen molar-refractivity contribution in [2.45, 2.75) is 42.8 Å². The van der Waals surface area contributed by atoms with Gasteiger partial charge in [0.15, 0.2) is 0 Å². The molecule has 2 fully saturated rings. The zero-order valence-corrected chi connectivity index (χ0v) is 17.1. The van der Waals surface area contributed by atoms with Crippen LogP contribution in [0.1, 0.15) is 48.5 Å². The summed E-state index contributed by atoms with van der Waals surface area (Å²) in [5.74, 6) is 1.33. The molecular formula is C23H26ClNOS. The van der Waals surface area contributed by atoms with E-state index in [2.05, 4.69) is 47.4 Å². The monoisotopic (exact) mass is 399 g/mol. The lowest BCUT2D eigenvalue weighted by molar-refractivity contribution is -0.137. The maximum Gasteiger partial charge on any atom is 0.233 e. The molecule has 2 aromatic carbocycles. The largest absolute Gasteiger partial charge is 0.341 e. The van der Waals surface area contributed by atoms with Gasteiger partial charge in [0, 0.05) is 29.1 Å². The Kier molecular flexibility index (Phi) is 5.79. The number of carbonyl (C=O) groups is 1. The minimum absolute atomic E-state index is 0.330. The summed E-state index contributed by atoms with van der Waals surface area (Å²) in [6, 6.07) is 18.7. The number of rotatable bonds is 3. The number of benzene rings is 2. The number of hydrogen-bond donors (Lipinski definition) is 0. The van der Waals surface area contributed by atoms with Gasteiger partial charge in [-0.1, -0.05) is 66.9 Å². The van der Waals surface area contributed by atoms with Crippen LogP contribution >= 0.6 is 23.4 Å². The maximum atomic E-state index is 13.7. The van der Waals surface area contributed by atoms with Crippen LogP contribution in [0.4, 0.5) is 0 Å². The number of halogens is 1. The summed E-state index contributed by atoms with van der Waals surface area (Å²) in [6.07, 6.45) is 5.20. The fourth-order valence-corrected chi connectivity index (χ4v) is 5.94. The van der Waals surface area contributed by atoms with Gasteiger partial charge in [-0.2, -0.15) is 11.8 Å². The predicted molar refractivity (Wildman–Crippen MR) is 114 cm³/mol. The Hall–Kier alpha value is -1.45. The van der Waals surface area contributed by atoms with Gasteiger partial charge in [-0.15, -0.1) is 0 Å². The molecule has 2 nitrogen and oxygen atoms in total. The van der Waals surface area contributed by atoms with Crippen LogP contribution in [-0.4, -0.2) is 29.6 Å². The van der Waals surface area contributed by atoms with Crippen molar-refractivity contribution in [3.63, 3.8) is 0 Å². The van der Waals surface area contributed by atoms with E-state index in [1.165, 1.54) is 5.56 Å². The SMILES string of the molecule is O=C(N1CCSC(c2ccccc2)CC1)C1(c2ccc(Cl)cc2)CCCC1. The summed E-state index contributed by atoms with van der Waals surface area (Å²) in [5.41, 5.74) is 2.18. The first-order chi connectivity index (χ1) is 13.2. The molecular weight excluding hydrogens is 374 g/mol. The third-order valence-electron chi connectivity index (χ3n) is 6.06. The second-order valence-corrected chi connectivity index (χ2v) is 9.39. The molecule has 1 aliphatic heterocycles. The van der Waals surface area contributed by atoms with Gasteiger partial charge in [0.1, 0.15) is 0 Å². The average Bonchev–Trinajstić information content (AvgIpc) is 3.08. The van der Waals surface area contributed by atoms with E-state index in [1.807, 2.05) is 23.9 Å². The van der Waals surface area contributed by atoms with Crippen LogP contribution in [0.25, 0.3) is 0 Å². The van der Waals surface area contributed by atoms with Crippen LogP contribution < -0.4 is 0 Å². The number of nitrogens with zero attached hydrogens (tertiary/aromatic N) is 1. The van der Waals surface area contributed by atoms with Gasteiger partial charge in [-0.3, -0.25) is 4.79 Å². The minimum atomic E-state index is -0.345. The Morgan fingerprint density at radius 1 is 1.00 bits per heavy atom. The molecule has 2 aliphatic rings. The van der Waals surface area contributed by atoms with Crippen molar-refractivity contribution in [1.82, 2.24) is 4.90 Å². The van der Waals surface area contributed by atoms with Crippen LogP contribution in [0.15, 0.2) is 54.6 Å². The first-order valence-electron chi connectivity index (χ1n) is 9.91. The highest BCUT2D eigenvalue weighted by Gasteiger charge is 2.45. The summed E-state index contributed by atoms with van der Waals surface area (Å²) in [6.45, 7) is 1.70. The Balaban J connectivity index is 1.53. The van der Waals surface area contributed by atoms with Crippen molar-refractivity contribution >= 4 is 29.3 Å². The smallest absolute Gasteiger partial charge is 0.233 e. The van der Waals surface area contributed by atoms with Gasteiger partial charge in [0.25, 0.3) is 0 Å². The highest BCUT2D eigenvalue weighted by atomic mass is 35.5. The van der Waals surface area contributed by atoms with E-state index in [0.717, 1.165) is 61.5 Å². The topological polar surface area (TPSA) is 20.3 Å². The molecule has 142 valence electrons. The first kappa shape index (κ1) is 18.9. The predicted octanol–water partition coefficient (Wildman–Crippen LogP) is 5.86. The highest BCUT2D eigenvalue weighted by molar-refractivity contribution is 7.99. The zero-order chi connectivity index (χ0) is 18.7. The minimum Gasteiger partial charge on any atom is -0.341 e. The number of amides is 1. The fraction of sp³-hybridized carbons (Fsp3) is 0.435. The lowest BCUT2D eigenvalue weighted by Gasteiger charge is -2.34. The molecule has 1 saturated heterocycles. The summed E-state index contributed by atoms with van der Waals surface area (Å²) < 4.78 is 0. The third kappa shape index (κ3) is 3.90. The molecule has 1 atom stereocenters. The molecule has 0 spiro atoms. The van der Waals surface area contributed by atoms with Crippen molar-refractivity contribution in [3.05, 3.63) is 70.7 Å². The Morgan fingerprint density at radius 3 is 2.41 bits per heavy atom. The van der Waals surface area contributed by atoms with Gasteiger partial charge in [-0.05, 0) is 42.5 Å².